The van der Waals surface area contributed by atoms with Crippen LogP contribution in [0, 0.1) is 0 Å². The minimum Gasteiger partial charge on any atom is -0.405 e. The van der Waals surface area contributed by atoms with Crippen LogP contribution < -0.4 is 10.4 Å². The van der Waals surface area contributed by atoms with Crippen molar-refractivity contribution < 1.29 is 19.4 Å². The molecule has 0 radical (unpaired) electrons. The summed E-state index contributed by atoms with van der Waals surface area (Å²) in [4.78, 5) is 0. The van der Waals surface area contributed by atoms with Gasteiger partial charge in [0.2, 0.25) is 0 Å². The molecule has 26 heavy (non-hydrogen) atoms. The van der Waals surface area contributed by atoms with E-state index in [0.29, 0.717) is 0 Å². The minimum absolute atomic E-state index is 0.127. The summed E-state index contributed by atoms with van der Waals surface area (Å²) in [6.45, 7) is 6.88. The standard InChI is InChI=1S/C21H28O4Si/c1-21(2,3)26(16-10-6-4-7-11-16,17-12-8-5-9-13-17)24-15-19-18(22)14-20(23)25-19/h4-13,18-20,22-23H,14-15H2,1-3H3/t18-,19-,20?/m0/s1. The van der Waals surface area contributed by atoms with E-state index in [1.807, 2.05) is 36.4 Å². The molecule has 0 spiro atoms. The Morgan fingerprint density at radius 3 is 1.85 bits per heavy atom. The summed E-state index contributed by atoms with van der Waals surface area (Å²) >= 11 is 0. The molecule has 1 saturated heterocycles. The van der Waals surface area contributed by atoms with Gasteiger partial charge in [-0.05, 0) is 15.4 Å². The van der Waals surface area contributed by atoms with Gasteiger partial charge in [0, 0.05) is 6.42 Å². The summed E-state index contributed by atoms with van der Waals surface area (Å²) < 4.78 is 12.2. The van der Waals surface area contributed by atoms with Gasteiger partial charge in [0.25, 0.3) is 8.32 Å². The molecule has 1 aliphatic rings. The summed E-state index contributed by atoms with van der Waals surface area (Å²) in [5, 5.41) is 22.1. The summed E-state index contributed by atoms with van der Waals surface area (Å²) in [5.41, 5.74) is 0. The summed E-state index contributed by atoms with van der Waals surface area (Å²) in [6, 6.07) is 20.7. The van der Waals surface area contributed by atoms with Crippen molar-refractivity contribution in [2.45, 2.75) is 50.7 Å². The second-order valence-electron chi connectivity index (χ2n) is 7.91. The van der Waals surface area contributed by atoms with Crippen LogP contribution in [0.3, 0.4) is 0 Å². The Morgan fingerprint density at radius 1 is 0.962 bits per heavy atom. The SMILES string of the molecule is CC(C)(C)[Si](OC[C@@H]1OC(O)C[C@@H]1O)(c1ccccc1)c1ccccc1. The maximum atomic E-state index is 10.2. The Kier molecular flexibility index (Phi) is 5.65. The van der Waals surface area contributed by atoms with E-state index in [0.717, 1.165) is 0 Å². The zero-order valence-corrected chi connectivity index (χ0v) is 16.6. The van der Waals surface area contributed by atoms with E-state index in [2.05, 4.69) is 45.0 Å². The van der Waals surface area contributed by atoms with Crippen molar-refractivity contribution in [3.8, 4) is 0 Å². The highest BCUT2D eigenvalue weighted by Crippen LogP contribution is 2.37. The number of hydrogen-bond donors (Lipinski definition) is 2. The molecule has 5 heteroatoms. The highest BCUT2D eigenvalue weighted by atomic mass is 28.4. The van der Waals surface area contributed by atoms with Gasteiger partial charge in [-0.25, -0.2) is 0 Å². The molecule has 1 aliphatic heterocycles. The van der Waals surface area contributed by atoms with Gasteiger partial charge in [0.05, 0.1) is 12.7 Å². The van der Waals surface area contributed by atoms with Crippen LogP contribution in [0.5, 0.6) is 0 Å². The van der Waals surface area contributed by atoms with Crippen molar-refractivity contribution in [2.75, 3.05) is 6.61 Å². The van der Waals surface area contributed by atoms with Crippen LogP contribution >= 0.6 is 0 Å². The minimum atomic E-state index is -2.64. The molecular weight excluding hydrogens is 344 g/mol. The lowest BCUT2D eigenvalue weighted by molar-refractivity contribution is -0.105. The molecule has 0 aliphatic carbocycles. The van der Waals surface area contributed by atoms with Gasteiger partial charge in [-0.3, -0.25) is 0 Å². The van der Waals surface area contributed by atoms with Crippen LogP contribution in [-0.4, -0.2) is 43.6 Å². The second kappa shape index (κ2) is 7.62. The Bertz CT molecular complexity index is 659. The third kappa shape index (κ3) is 3.63. The zero-order chi connectivity index (χ0) is 18.8. The number of benzene rings is 2. The van der Waals surface area contributed by atoms with Gasteiger partial charge < -0.3 is 19.4 Å². The van der Waals surface area contributed by atoms with Gasteiger partial charge in [-0.15, -0.1) is 0 Å². The molecule has 0 bridgehead atoms. The van der Waals surface area contributed by atoms with E-state index in [-0.39, 0.29) is 18.1 Å². The molecule has 0 saturated carbocycles. The maximum Gasteiger partial charge on any atom is 0.261 e. The van der Waals surface area contributed by atoms with Crippen LogP contribution in [0.15, 0.2) is 60.7 Å². The number of aliphatic hydroxyl groups is 2. The number of hydrogen-bond acceptors (Lipinski definition) is 4. The van der Waals surface area contributed by atoms with Crippen molar-refractivity contribution in [1.82, 2.24) is 0 Å². The van der Waals surface area contributed by atoms with Gasteiger partial charge in [0.15, 0.2) is 6.29 Å². The largest absolute Gasteiger partial charge is 0.405 e. The summed E-state index contributed by atoms with van der Waals surface area (Å²) in [5.74, 6) is 0. The first-order chi connectivity index (χ1) is 12.3. The van der Waals surface area contributed by atoms with E-state index in [1.165, 1.54) is 10.4 Å². The first-order valence-corrected chi connectivity index (χ1v) is 11.0. The maximum absolute atomic E-state index is 10.2. The fraction of sp³-hybridized carbons (Fsp3) is 0.429. The smallest absolute Gasteiger partial charge is 0.261 e. The van der Waals surface area contributed by atoms with Crippen molar-refractivity contribution >= 4 is 18.7 Å². The van der Waals surface area contributed by atoms with Crippen molar-refractivity contribution in [1.29, 1.82) is 0 Å². The third-order valence-electron chi connectivity index (χ3n) is 5.09. The molecule has 4 nitrogen and oxygen atoms in total. The van der Waals surface area contributed by atoms with Crippen LogP contribution in [-0.2, 0) is 9.16 Å². The molecule has 2 aromatic carbocycles. The normalized spacial score (nSPS) is 24.0. The first kappa shape index (κ1) is 19.3. The van der Waals surface area contributed by atoms with Gasteiger partial charge in [-0.2, -0.15) is 0 Å². The molecule has 1 fully saturated rings. The monoisotopic (exact) mass is 372 g/mol. The average Bonchev–Trinajstić information content (AvgIpc) is 2.94. The number of rotatable bonds is 5. The number of aliphatic hydroxyl groups excluding tert-OH is 2. The fourth-order valence-corrected chi connectivity index (χ4v) is 8.40. The van der Waals surface area contributed by atoms with E-state index in [9.17, 15) is 10.2 Å². The predicted molar refractivity (Wildman–Crippen MR) is 105 cm³/mol. The molecule has 0 aromatic heterocycles. The van der Waals surface area contributed by atoms with E-state index in [4.69, 9.17) is 9.16 Å². The van der Waals surface area contributed by atoms with Crippen LogP contribution in [0.1, 0.15) is 27.2 Å². The number of ether oxygens (including phenoxy) is 1. The van der Waals surface area contributed by atoms with E-state index >= 15 is 0 Å². The molecule has 2 aromatic rings. The second-order valence-corrected chi connectivity index (χ2v) is 12.2. The van der Waals surface area contributed by atoms with Gasteiger partial charge in [0.1, 0.15) is 6.10 Å². The zero-order valence-electron chi connectivity index (χ0n) is 15.6. The summed E-state index contributed by atoms with van der Waals surface area (Å²) in [6.07, 6.45) is -1.90. The van der Waals surface area contributed by atoms with Crippen molar-refractivity contribution in [2.24, 2.45) is 0 Å². The Labute approximate surface area is 156 Å². The lowest BCUT2D eigenvalue weighted by Gasteiger charge is -2.43. The lowest BCUT2D eigenvalue weighted by Crippen LogP contribution is -2.67. The quantitative estimate of drug-likeness (QED) is 0.789. The Hall–Kier alpha value is -1.50. The molecule has 140 valence electrons. The first-order valence-electron chi connectivity index (χ1n) is 9.11. The molecule has 2 N–H and O–H groups in total. The van der Waals surface area contributed by atoms with Crippen LogP contribution in [0.2, 0.25) is 5.04 Å². The van der Waals surface area contributed by atoms with Crippen LogP contribution in [0.4, 0.5) is 0 Å². The topological polar surface area (TPSA) is 58.9 Å². The molecule has 1 heterocycles. The highest BCUT2D eigenvalue weighted by Gasteiger charge is 2.51. The van der Waals surface area contributed by atoms with E-state index in [1.54, 1.807) is 0 Å². The molecule has 0 amide bonds. The van der Waals surface area contributed by atoms with Gasteiger partial charge in [-0.1, -0.05) is 81.4 Å². The van der Waals surface area contributed by atoms with Crippen LogP contribution in [0.25, 0.3) is 0 Å². The fourth-order valence-electron chi connectivity index (χ4n) is 3.83. The molecular formula is C21H28O4Si. The predicted octanol–water partition coefficient (Wildman–Crippen LogP) is 2.03. The summed E-state index contributed by atoms with van der Waals surface area (Å²) in [7, 11) is -2.64. The van der Waals surface area contributed by atoms with E-state index < -0.39 is 26.8 Å². The highest BCUT2D eigenvalue weighted by molar-refractivity contribution is 6.99. The Morgan fingerprint density at radius 2 is 1.46 bits per heavy atom. The lowest BCUT2D eigenvalue weighted by atomic mass is 10.2. The Balaban J connectivity index is 2.03. The van der Waals surface area contributed by atoms with Crippen molar-refractivity contribution in [3.63, 3.8) is 0 Å². The molecule has 1 unspecified atom stereocenters. The molecule has 3 atom stereocenters. The van der Waals surface area contributed by atoms with Crippen molar-refractivity contribution in [3.05, 3.63) is 60.7 Å². The molecule has 3 rings (SSSR count). The van der Waals surface area contributed by atoms with Gasteiger partial charge >= 0.3 is 0 Å². The third-order valence-corrected chi connectivity index (χ3v) is 10.1. The average molecular weight is 373 g/mol.